The van der Waals surface area contributed by atoms with Gasteiger partial charge in [-0.15, -0.1) is 11.8 Å². The van der Waals surface area contributed by atoms with E-state index in [0.717, 1.165) is 11.4 Å². The van der Waals surface area contributed by atoms with Crippen molar-refractivity contribution in [1.29, 1.82) is 0 Å². The molecule has 3 rings (SSSR count). The van der Waals surface area contributed by atoms with E-state index in [4.69, 9.17) is 16.3 Å². The van der Waals surface area contributed by atoms with Gasteiger partial charge in [-0.2, -0.15) is 0 Å². The molecule has 2 aromatic rings. The van der Waals surface area contributed by atoms with Gasteiger partial charge in [0, 0.05) is 22.0 Å². The third kappa shape index (κ3) is 4.45. The molecule has 0 bridgehead atoms. The Labute approximate surface area is 160 Å². The van der Waals surface area contributed by atoms with Gasteiger partial charge < -0.3 is 10.1 Å². The highest BCUT2D eigenvalue weighted by molar-refractivity contribution is 8.13. The molecular weight excluding hydrogens is 375 g/mol. The molecule has 0 atom stereocenters. The van der Waals surface area contributed by atoms with Crippen molar-refractivity contribution in [2.45, 2.75) is 12.2 Å². The summed E-state index contributed by atoms with van der Waals surface area (Å²) in [5.41, 5.74) is 2.62. The Hall–Kier alpha value is -2.31. The van der Waals surface area contributed by atoms with Gasteiger partial charge in [-0.05, 0) is 30.3 Å². The van der Waals surface area contributed by atoms with E-state index >= 15 is 0 Å². The molecule has 1 heterocycles. The zero-order valence-corrected chi connectivity index (χ0v) is 15.5. The number of nitrogens with one attached hydrogen (secondary N) is 1. The molecule has 7 heteroatoms. The third-order valence-electron chi connectivity index (χ3n) is 3.72. The van der Waals surface area contributed by atoms with Gasteiger partial charge in [0.1, 0.15) is 5.82 Å². The highest BCUT2D eigenvalue weighted by atomic mass is 35.5. The third-order valence-corrected chi connectivity index (χ3v) is 5.01. The molecule has 0 fully saturated rings. The van der Waals surface area contributed by atoms with E-state index in [2.05, 4.69) is 10.3 Å². The maximum Gasteiger partial charge on any atom is 0.311 e. The molecule has 0 aliphatic carbocycles. The van der Waals surface area contributed by atoms with Crippen LogP contribution in [0.2, 0.25) is 5.02 Å². The lowest BCUT2D eigenvalue weighted by atomic mass is 10.2. The Bertz CT molecular complexity index is 879. The normalized spacial score (nSPS) is 13.0. The SMILES string of the molecule is COC(=O)CC1=CC(SCc2c(F)cccc2Cl)=Nc2ccccc2N1. The van der Waals surface area contributed by atoms with Gasteiger partial charge in [-0.25, -0.2) is 9.38 Å². The average molecular weight is 391 g/mol. The molecule has 0 amide bonds. The Morgan fingerprint density at radius 3 is 2.85 bits per heavy atom. The van der Waals surface area contributed by atoms with E-state index in [1.54, 1.807) is 18.2 Å². The minimum atomic E-state index is -0.357. The minimum absolute atomic E-state index is 0.0882. The van der Waals surface area contributed by atoms with E-state index < -0.39 is 0 Å². The van der Waals surface area contributed by atoms with E-state index in [1.165, 1.54) is 24.9 Å². The molecule has 0 spiro atoms. The van der Waals surface area contributed by atoms with Crippen LogP contribution in [0.4, 0.5) is 15.8 Å². The second-order valence-corrected chi connectivity index (χ2v) is 6.91. The molecule has 0 unspecified atom stereocenters. The fourth-order valence-electron chi connectivity index (χ4n) is 2.40. The number of halogens is 2. The molecule has 2 aromatic carbocycles. The average Bonchev–Trinajstić information content (AvgIpc) is 2.79. The quantitative estimate of drug-likeness (QED) is 0.718. The summed E-state index contributed by atoms with van der Waals surface area (Å²) in [5.74, 6) is -0.379. The number of thioether (sulfide) groups is 1. The Kier molecular flexibility index (Phi) is 5.96. The number of carbonyl (C=O) groups excluding carboxylic acids is 1. The molecular formula is C19H16ClFN2O2S. The number of hydrogen-bond donors (Lipinski definition) is 1. The van der Waals surface area contributed by atoms with Gasteiger partial charge in [0.2, 0.25) is 0 Å². The summed E-state index contributed by atoms with van der Waals surface area (Å²) >= 11 is 7.45. The van der Waals surface area contributed by atoms with Crippen molar-refractivity contribution in [2.24, 2.45) is 4.99 Å². The zero-order chi connectivity index (χ0) is 18.5. The van der Waals surface area contributed by atoms with Crippen LogP contribution in [0, 0.1) is 5.82 Å². The van der Waals surface area contributed by atoms with Gasteiger partial charge in [0.05, 0.1) is 29.9 Å². The number of fused-ring (bicyclic) bond motifs is 1. The number of nitrogens with zero attached hydrogens (tertiary/aromatic N) is 1. The molecule has 1 aliphatic rings. The van der Waals surface area contributed by atoms with Gasteiger partial charge in [0.15, 0.2) is 0 Å². The summed E-state index contributed by atoms with van der Waals surface area (Å²) in [6.07, 6.45) is 1.86. The summed E-state index contributed by atoms with van der Waals surface area (Å²) < 4.78 is 18.7. The number of aliphatic imine (C=N–C) groups is 1. The number of esters is 1. The first kappa shape index (κ1) is 18.5. The van der Waals surface area contributed by atoms with E-state index in [9.17, 15) is 9.18 Å². The first-order chi connectivity index (χ1) is 12.6. The topological polar surface area (TPSA) is 50.7 Å². The predicted molar refractivity (Wildman–Crippen MR) is 105 cm³/mol. The van der Waals surface area contributed by atoms with Crippen molar-refractivity contribution < 1.29 is 13.9 Å². The Balaban J connectivity index is 1.88. The highest BCUT2D eigenvalue weighted by Gasteiger charge is 2.15. The van der Waals surface area contributed by atoms with Crippen molar-refractivity contribution in [2.75, 3.05) is 12.4 Å². The summed E-state index contributed by atoms with van der Waals surface area (Å²) in [6.45, 7) is 0. The molecule has 1 N–H and O–H groups in total. The zero-order valence-electron chi connectivity index (χ0n) is 14.0. The van der Waals surface area contributed by atoms with E-state index in [0.29, 0.717) is 27.1 Å². The summed E-state index contributed by atoms with van der Waals surface area (Å²) in [5, 5.41) is 4.24. The Morgan fingerprint density at radius 2 is 2.08 bits per heavy atom. The van der Waals surface area contributed by atoms with Crippen LogP contribution in [0.15, 0.2) is 59.2 Å². The van der Waals surface area contributed by atoms with Gasteiger partial charge in [0.25, 0.3) is 0 Å². The molecule has 1 aliphatic heterocycles. The van der Waals surface area contributed by atoms with E-state index in [1.807, 2.05) is 24.3 Å². The minimum Gasteiger partial charge on any atom is -0.469 e. The first-order valence-corrected chi connectivity index (χ1v) is 9.21. The van der Waals surface area contributed by atoms with Crippen LogP contribution in [0.3, 0.4) is 0 Å². The number of methoxy groups -OCH3 is 1. The second-order valence-electron chi connectivity index (χ2n) is 5.50. The van der Waals surface area contributed by atoms with Crippen molar-refractivity contribution >= 4 is 45.8 Å². The molecule has 4 nitrogen and oxygen atoms in total. The van der Waals surface area contributed by atoms with Crippen LogP contribution in [-0.4, -0.2) is 18.1 Å². The van der Waals surface area contributed by atoms with Crippen molar-refractivity contribution in [3.8, 4) is 0 Å². The number of ether oxygens (including phenoxy) is 1. The monoisotopic (exact) mass is 390 g/mol. The first-order valence-electron chi connectivity index (χ1n) is 7.84. The number of rotatable bonds is 4. The summed E-state index contributed by atoms with van der Waals surface area (Å²) in [7, 11) is 1.34. The maximum absolute atomic E-state index is 14.0. The van der Waals surface area contributed by atoms with Gasteiger partial charge >= 0.3 is 5.97 Å². The van der Waals surface area contributed by atoms with Crippen LogP contribution < -0.4 is 5.32 Å². The smallest absolute Gasteiger partial charge is 0.311 e. The van der Waals surface area contributed by atoms with Crippen molar-refractivity contribution in [1.82, 2.24) is 0 Å². The van der Waals surface area contributed by atoms with Crippen molar-refractivity contribution in [3.63, 3.8) is 0 Å². The van der Waals surface area contributed by atoms with Crippen LogP contribution in [0.1, 0.15) is 12.0 Å². The lowest BCUT2D eigenvalue weighted by Crippen LogP contribution is -2.08. The fraction of sp³-hybridized carbons (Fsp3) is 0.158. The number of benzene rings is 2. The molecule has 26 heavy (non-hydrogen) atoms. The van der Waals surface area contributed by atoms with Crippen molar-refractivity contribution in [3.05, 3.63) is 70.6 Å². The molecule has 0 saturated heterocycles. The lowest BCUT2D eigenvalue weighted by molar-refractivity contribution is -0.139. The highest BCUT2D eigenvalue weighted by Crippen LogP contribution is 2.32. The molecule has 0 radical (unpaired) electrons. The number of hydrogen-bond acceptors (Lipinski definition) is 5. The second kappa shape index (κ2) is 8.38. The van der Waals surface area contributed by atoms with Gasteiger partial charge in [-0.1, -0.05) is 29.8 Å². The predicted octanol–water partition coefficient (Wildman–Crippen LogP) is 5.32. The fourth-order valence-corrected chi connectivity index (χ4v) is 3.68. The molecule has 0 aromatic heterocycles. The number of carbonyl (C=O) groups is 1. The van der Waals surface area contributed by atoms with E-state index in [-0.39, 0.29) is 18.2 Å². The number of anilines is 1. The van der Waals surface area contributed by atoms with Crippen LogP contribution in [0.5, 0.6) is 0 Å². The standard InChI is InChI=1S/C19H16ClFN2O2S/c1-25-19(24)10-12-9-18(23-17-8-3-2-7-16(17)22-12)26-11-13-14(20)5-4-6-15(13)21/h2-9,22H,10-11H2,1H3. The lowest BCUT2D eigenvalue weighted by Gasteiger charge is -2.09. The largest absolute Gasteiger partial charge is 0.469 e. The maximum atomic E-state index is 14.0. The van der Waals surface area contributed by atoms with Crippen LogP contribution in [0.25, 0.3) is 0 Å². The summed E-state index contributed by atoms with van der Waals surface area (Å²) in [6, 6.07) is 12.1. The number of para-hydroxylation sites is 2. The summed E-state index contributed by atoms with van der Waals surface area (Å²) in [4.78, 5) is 16.3. The molecule has 134 valence electrons. The van der Waals surface area contributed by atoms with Crippen LogP contribution >= 0.6 is 23.4 Å². The molecule has 0 saturated carbocycles. The van der Waals surface area contributed by atoms with Crippen LogP contribution in [-0.2, 0) is 15.3 Å². The Morgan fingerprint density at radius 1 is 1.27 bits per heavy atom. The van der Waals surface area contributed by atoms with Gasteiger partial charge in [-0.3, -0.25) is 4.79 Å².